The van der Waals surface area contributed by atoms with Crippen molar-refractivity contribution >= 4 is 17.5 Å². The fourth-order valence-corrected chi connectivity index (χ4v) is 1.67. The third kappa shape index (κ3) is 1.59. The summed E-state index contributed by atoms with van der Waals surface area (Å²) in [7, 11) is 0. The summed E-state index contributed by atoms with van der Waals surface area (Å²) in [6.45, 7) is 2.67. The van der Waals surface area contributed by atoms with Crippen molar-refractivity contribution in [2.45, 2.75) is 13.1 Å². The van der Waals surface area contributed by atoms with Crippen LogP contribution in [0.3, 0.4) is 0 Å². The zero-order valence-corrected chi connectivity index (χ0v) is 8.25. The standard InChI is InChI=1S/C11H15N3/c1-8-13-10-6-2-4-9(5-3-7-12)11(10)14-8/h2-6,8,13-14H,7,12H2,1H3/b5-3-. The van der Waals surface area contributed by atoms with E-state index in [2.05, 4.69) is 29.7 Å². The molecule has 2 rings (SSSR count). The van der Waals surface area contributed by atoms with Crippen LogP contribution in [-0.2, 0) is 0 Å². The number of para-hydroxylation sites is 1. The van der Waals surface area contributed by atoms with Crippen molar-refractivity contribution in [3.05, 3.63) is 29.8 Å². The van der Waals surface area contributed by atoms with Gasteiger partial charge < -0.3 is 16.4 Å². The minimum absolute atomic E-state index is 0.303. The van der Waals surface area contributed by atoms with Gasteiger partial charge in [0.2, 0.25) is 0 Å². The van der Waals surface area contributed by atoms with E-state index in [1.54, 1.807) is 0 Å². The molecule has 74 valence electrons. The third-order valence-corrected chi connectivity index (χ3v) is 2.26. The Morgan fingerprint density at radius 3 is 3.07 bits per heavy atom. The van der Waals surface area contributed by atoms with Gasteiger partial charge in [0, 0.05) is 6.54 Å². The molecule has 0 bridgehead atoms. The average molecular weight is 189 g/mol. The van der Waals surface area contributed by atoms with Crippen molar-refractivity contribution in [1.82, 2.24) is 0 Å². The molecule has 0 aliphatic carbocycles. The predicted molar refractivity (Wildman–Crippen MR) is 61.2 cm³/mol. The van der Waals surface area contributed by atoms with E-state index < -0.39 is 0 Å². The summed E-state index contributed by atoms with van der Waals surface area (Å²) in [6.07, 6.45) is 4.31. The van der Waals surface area contributed by atoms with Gasteiger partial charge in [-0.05, 0) is 18.6 Å². The van der Waals surface area contributed by atoms with Crippen molar-refractivity contribution in [3.8, 4) is 0 Å². The second-order valence-electron chi connectivity index (χ2n) is 3.42. The average Bonchev–Trinajstić information content (AvgIpc) is 2.55. The number of rotatable bonds is 2. The number of nitrogens with one attached hydrogen (secondary N) is 2. The number of hydrogen-bond donors (Lipinski definition) is 3. The monoisotopic (exact) mass is 189 g/mol. The zero-order chi connectivity index (χ0) is 9.97. The van der Waals surface area contributed by atoms with Gasteiger partial charge in [-0.3, -0.25) is 0 Å². The lowest BCUT2D eigenvalue weighted by Gasteiger charge is -2.04. The Bertz CT molecular complexity index is 358. The predicted octanol–water partition coefficient (Wildman–Crippen LogP) is 1.84. The van der Waals surface area contributed by atoms with Crippen molar-refractivity contribution in [1.29, 1.82) is 0 Å². The Labute approximate surface area is 84.0 Å². The summed E-state index contributed by atoms with van der Waals surface area (Å²) >= 11 is 0. The molecule has 1 aliphatic heterocycles. The van der Waals surface area contributed by atoms with Gasteiger partial charge in [-0.1, -0.05) is 24.3 Å². The second kappa shape index (κ2) is 3.72. The Balaban J connectivity index is 2.34. The van der Waals surface area contributed by atoms with Crippen LogP contribution in [0.25, 0.3) is 6.08 Å². The SMILES string of the molecule is CC1Nc2cccc(/C=C\CN)c2N1. The largest absolute Gasteiger partial charge is 0.364 e. The first-order chi connectivity index (χ1) is 6.81. The maximum atomic E-state index is 5.43. The molecule has 0 spiro atoms. The summed E-state index contributed by atoms with van der Waals surface area (Å²) in [6, 6.07) is 6.20. The smallest absolute Gasteiger partial charge is 0.0936 e. The second-order valence-corrected chi connectivity index (χ2v) is 3.42. The van der Waals surface area contributed by atoms with E-state index in [9.17, 15) is 0 Å². The van der Waals surface area contributed by atoms with Crippen LogP contribution < -0.4 is 16.4 Å². The van der Waals surface area contributed by atoms with Gasteiger partial charge >= 0.3 is 0 Å². The number of anilines is 2. The highest BCUT2D eigenvalue weighted by molar-refractivity contribution is 5.83. The molecule has 0 radical (unpaired) electrons. The van der Waals surface area contributed by atoms with E-state index in [1.165, 1.54) is 11.3 Å². The highest BCUT2D eigenvalue weighted by atomic mass is 15.2. The fraction of sp³-hybridized carbons (Fsp3) is 0.273. The molecule has 1 aliphatic rings. The molecule has 4 N–H and O–H groups in total. The lowest BCUT2D eigenvalue weighted by Crippen LogP contribution is -2.16. The molecule has 1 unspecified atom stereocenters. The van der Waals surface area contributed by atoms with Crippen LogP contribution in [-0.4, -0.2) is 12.7 Å². The number of hydrogen-bond acceptors (Lipinski definition) is 3. The van der Waals surface area contributed by atoms with Gasteiger partial charge in [0.25, 0.3) is 0 Å². The van der Waals surface area contributed by atoms with Gasteiger partial charge in [0.15, 0.2) is 0 Å². The Kier molecular flexibility index (Phi) is 2.41. The Morgan fingerprint density at radius 1 is 1.43 bits per heavy atom. The van der Waals surface area contributed by atoms with E-state index in [1.807, 2.05) is 18.2 Å². The first-order valence-electron chi connectivity index (χ1n) is 4.84. The Morgan fingerprint density at radius 2 is 2.29 bits per heavy atom. The van der Waals surface area contributed by atoms with Crippen molar-refractivity contribution in [2.75, 3.05) is 17.2 Å². The minimum atomic E-state index is 0.303. The maximum Gasteiger partial charge on any atom is 0.0936 e. The van der Waals surface area contributed by atoms with E-state index >= 15 is 0 Å². The lowest BCUT2D eigenvalue weighted by atomic mass is 10.1. The van der Waals surface area contributed by atoms with Crippen LogP contribution in [0, 0.1) is 0 Å². The van der Waals surface area contributed by atoms with Gasteiger partial charge in [-0.2, -0.15) is 0 Å². The lowest BCUT2D eigenvalue weighted by molar-refractivity contribution is 0.955. The molecule has 3 nitrogen and oxygen atoms in total. The molecule has 0 saturated carbocycles. The summed E-state index contributed by atoms with van der Waals surface area (Å²) < 4.78 is 0. The summed E-state index contributed by atoms with van der Waals surface area (Å²) in [4.78, 5) is 0. The van der Waals surface area contributed by atoms with Crippen LogP contribution in [0.5, 0.6) is 0 Å². The van der Waals surface area contributed by atoms with Crippen LogP contribution in [0.4, 0.5) is 11.4 Å². The molecular weight excluding hydrogens is 174 g/mol. The first kappa shape index (κ1) is 9.09. The molecule has 3 heteroatoms. The summed E-state index contributed by atoms with van der Waals surface area (Å²) in [5.74, 6) is 0. The van der Waals surface area contributed by atoms with Gasteiger partial charge in [0.05, 0.1) is 17.5 Å². The van der Waals surface area contributed by atoms with Gasteiger partial charge in [-0.15, -0.1) is 0 Å². The van der Waals surface area contributed by atoms with Crippen LogP contribution in [0.1, 0.15) is 12.5 Å². The fourth-order valence-electron chi connectivity index (χ4n) is 1.67. The molecule has 14 heavy (non-hydrogen) atoms. The van der Waals surface area contributed by atoms with E-state index in [4.69, 9.17) is 5.73 Å². The van der Waals surface area contributed by atoms with Crippen LogP contribution in [0.15, 0.2) is 24.3 Å². The first-order valence-corrected chi connectivity index (χ1v) is 4.84. The molecule has 1 heterocycles. The number of benzene rings is 1. The van der Waals surface area contributed by atoms with Gasteiger partial charge in [0.1, 0.15) is 0 Å². The van der Waals surface area contributed by atoms with Crippen LogP contribution >= 0.6 is 0 Å². The highest BCUT2D eigenvalue weighted by Crippen LogP contribution is 2.32. The van der Waals surface area contributed by atoms with Crippen LogP contribution in [0.2, 0.25) is 0 Å². The number of fused-ring (bicyclic) bond motifs is 1. The maximum absolute atomic E-state index is 5.43. The van der Waals surface area contributed by atoms with Gasteiger partial charge in [-0.25, -0.2) is 0 Å². The topological polar surface area (TPSA) is 50.1 Å². The molecule has 0 fully saturated rings. The molecular formula is C11H15N3. The van der Waals surface area contributed by atoms with E-state index in [-0.39, 0.29) is 0 Å². The number of nitrogens with two attached hydrogens (primary N) is 1. The molecule has 1 aromatic carbocycles. The highest BCUT2D eigenvalue weighted by Gasteiger charge is 2.16. The molecule has 1 atom stereocenters. The summed E-state index contributed by atoms with van der Waals surface area (Å²) in [5, 5.41) is 6.71. The van der Waals surface area contributed by atoms with Crippen molar-refractivity contribution in [3.63, 3.8) is 0 Å². The third-order valence-electron chi connectivity index (χ3n) is 2.26. The van der Waals surface area contributed by atoms with Crippen molar-refractivity contribution in [2.24, 2.45) is 5.73 Å². The quantitative estimate of drug-likeness (QED) is 0.665. The normalized spacial score (nSPS) is 19.1. The summed E-state index contributed by atoms with van der Waals surface area (Å²) in [5.41, 5.74) is 8.95. The van der Waals surface area contributed by atoms with E-state index in [0.29, 0.717) is 12.7 Å². The van der Waals surface area contributed by atoms with Crippen molar-refractivity contribution < 1.29 is 0 Å². The zero-order valence-electron chi connectivity index (χ0n) is 8.25. The molecule has 0 amide bonds. The molecule has 1 aromatic rings. The molecule has 0 saturated heterocycles. The Hall–Kier alpha value is -1.48. The molecule has 0 aromatic heterocycles. The minimum Gasteiger partial charge on any atom is -0.364 e. The van der Waals surface area contributed by atoms with E-state index in [0.717, 1.165) is 5.69 Å².